The van der Waals surface area contributed by atoms with Crippen molar-refractivity contribution in [1.82, 2.24) is 20.2 Å². The van der Waals surface area contributed by atoms with E-state index in [0.717, 1.165) is 16.9 Å². The lowest BCUT2D eigenvalue weighted by Gasteiger charge is -2.17. The molecule has 130 valence electrons. The van der Waals surface area contributed by atoms with Crippen molar-refractivity contribution < 1.29 is 14.3 Å². The number of carbonyl (C=O) groups excluding carboxylic acids is 2. The molecule has 1 amide bonds. The molecule has 0 unspecified atom stereocenters. The van der Waals surface area contributed by atoms with E-state index in [0.29, 0.717) is 24.2 Å². The maximum absolute atomic E-state index is 12.4. The molecule has 2 heterocycles. The molecule has 0 fully saturated rings. The molecule has 4 rings (SSSR count). The van der Waals surface area contributed by atoms with Gasteiger partial charge in [-0.25, -0.2) is 4.79 Å². The highest BCUT2D eigenvalue weighted by atomic mass is 16.5. The number of nitrogens with zero attached hydrogens (tertiary/aromatic N) is 4. The van der Waals surface area contributed by atoms with Gasteiger partial charge in [-0.1, -0.05) is 18.2 Å². The highest BCUT2D eigenvalue weighted by molar-refractivity contribution is 5.96. The van der Waals surface area contributed by atoms with Crippen LogP contribution in [0.25, 0.3) is 5.69 Å². The average molecular weight is 349 g/mol. The van der Waals surface area contributed by atoms with Crippen LogP contribution in [0, 0.1) is 0 Å². The minimum absolute atomic E-state index is 0.0134. The number of hydrogen-bond donors (Lipinski definition) is 1. The van der Waals surface area contributed by atoms with Gasteiger partial charge in [0.25, 0.3) is 0 Å². The van der Waals surface area contributed by atoms with Crippen LogP contribution in [0.4, 0.5) is 5.69 Å². The Morgan fingerprint density at radius 1 is 1.15 bits per heavy atom. The van der Waals surface area contributed by atoms with Gasteiger partial charge in [-0.2, -0.15) is 4.68 Å². The van der Waals surface area contributed by atoms with E-state index >= 15 is 0 Å². The van der Waals surface area contributed by atoms with E-state index in [-0.39, 0.29) is 12.5 Å². The van der Waals surface area contributed by atoms with Gasteiger partial charge in [-0.15, -0.1) is 5.10 Å². The quantitative estimate of drug-likeness (QED) is 0.722. The Morgan fingerprint density at radius 2 is 2.00 bits per heavy atom. The second kappa shape index (κ2) is 6.75. The fourth-order valence-corrected chi connectivity index (χ4v) is 2.79. The standard InChI is InChI=1S/C18H15N5O3/c24-17-9-7-12-10-13(6-8-15(12)19-17)18(25)26-11-16-20-21-22-23(16)14-4-2-1-3-5-14/h1-6,8,10H,7,9,11H2,(H,19,24). The molecule has 1 aromatic heterocycles. The smallest absolute Gasteiger partial charge is 0.338 e. The van der Waals surface area contributed by atoms with Crippen LogP contribution in [0.5, 0.6) is 0 Å². The minimum atomic E-state index is -0.465. The Labute approximate surface area is 148 Å². The number of tetrazole rings is 1. The van der Waals surface area contributed by atoms with Crippen molar-refractivity contribution in [3.05, 3.63) is 65.5 Å². The zero-order valence-corrected chi connectivity index (χ0v) is 13.8. The highest BCUT2D eigenvalue weighted by Crippen LogP contribution is 2.24. The molecule has 1 aliphatic heterocycles. The topological polar surface area (TPSA) is 99.0 Å². The number of ether oxygens (including phenoxy) is 1. The molecule has 0 aliphatic carbocycles. The number of rotatable bonds is 4. The van der Waals surface area contributed by atoms with E-state index in [9.17, 15) is 9.59 Å². The zero-order valence-electron chi connectivity index (χ0n) is 13.8. The number of aryl methyl sites for hydroxylation is 1. The zero-order chi connectivity index (χ0) is 17.9. The number of fused-ring (bicyclic) bond motifs is 1. The van der Waals surface area contributed by atoms with Gasteiger partial charge in [-0.05, 0) is 52.7 Å². The second-order valence-electron chi connectivity index (χ2n) is 5.84. The van der Waals surface area contributed by atoms with E-state index in [1.807, 2.05) is 30.3 Å². The molecule has 0 bridgehead atoms. The van der Waals surface area contributed by atoms with Gasteiger partial charge in [0.2, 0.25) is 5.91 Å². The van der Waals surface area contributed by atoms with E-state index < -0.39 is 5.97 Å². The summed E-state index contributed by atoms with van der Waals surface area (Å²) in [5, 5.41) is 14.3. The first-order valence-electron chi connectivity index (χ1n) is 8.13. The summed E-state index contributed by atoms with van der Waals surface area (Å²) in [7, 11) is 0. The molecule has 0 saturated heterocycles. The number of hydrogen-bond acceptors (Lipinski definition) is 6. The summed E-state index contributed by atoms with van der Waals surface area (Å²) >= 11 is 0. The largest absolute Gasteiger partial charge is 0.454 e. The first kappa shape index (κ1) is 15.9. The number of anilines is 1. The van der Waals surface area contributed by atoms with Gasteiger partial charge >= 0.3 is 5.97 Å². The van der Waals surface area contributed by atoms with E-state index in [2.05, 4.69) is 20.8 Å². The number of esters is 1. The molecule has 1 N–H and O–H groups in total. The summed E-state index contributed by atoms with van der Waals surface area (Å²) in [4.78, 5) is 23.8. The summed E-state index contributed by atoms with van der Waals surface area (Å²) in [6, 6.07) is 14.5. The molecule has 2 aromatic carbocycles. The summed E-state index contributed by atoms with van der Waals surface area (Å²) < 4.78 is 6.88. The van der Waals surface area contributed by atoms with Crippen molar-refractivity contribution in [3.8, 4) is 5.69 Å². The van der Waals surface area contributed by atoms with Crippen molar-refractivity contribution in [2.24, 2.45) is 0 Å². The number of nitrogens with one attached hydrogen (secondary N) is 1. The molecular weight excluding hydrogens is 334 g/mol. The van der Waals surface area contributed by atoms with Crippen molar-refractivity contribution in [1.29, 1.82) is 0 Å². The van der Waals surface area contributed by atoms with E-state index in [1.165, 1.54) is 4.68 Å². The Kier molecular flexibility index (Phi) is 4.14. The first-order chi connectivity index (χ1) is 12.7. The summed E-state index contributed by atoms with van der Waals surface area (Å²) in [6.07, 6.45) is 1.02. The van der Waals surface area contributed by atoms with Crippen LogP contribution >= 0.6 is 0 Å². The second-order valence-corrected chi connectivity index (χ2v) is 5.84. The summed E-state index contributed by atoms with van der Waals surface area (Å²) in [6.45, 7) is -0.0471. The third kappa shape index (κ3) is 3.16. The van der Waals surface area contributed by atoms with Crippen LogP contribution in [-0.2, 0) is 22.6 Å². The molecule has 0 saturated carbocycles. The van der Waals surface area contributed by atoms with Crippen molar-refractivity contribution >= 4 is 17.6 Å². The SMILES string of the molecule is O=C1CCc2cc(C(=O)OCc3nnnn3-c3ccccc3)ccc2N1. The normalized spacial score (nSPS) is 13.0. The predicted molar refractivity (Wildman–Crippen MR) is 91.7 cm³/mol. The van der Waals surface area contributed by atoms with E-state index in [4.69, 9.17) is 4.74 Å². The van der Waals surface area contributed by atoms with E-state index in [1.54, 1.807) is 18.2 Å². The highest BCUT2D eigenvalue weighted by Gasteiger charge is 2.18. The van der Waals surface area contributed by atoms with Crippen molar-refractivity contribution in [3.63, 3.8) is 0 Å². The number of benzene rings is 2. The van der Waals surface area contributed by atoms with Gasteiger partial charge in [0.05, 0.1) is 11.3 Å². The third-order valence-electron chi connectivity index (χ3n) is 4.10. The molecule has 26 heavy (non-hydrogen) atoms. The first-order valence-corrected chi connectivity index (χ1v) is 8.13. The van der Waals surface area contributed by atoms with Gasteiger partial charge < -0.3 is 10.1 Å². The van der Waals surface area contributed by atoms with Crippen LogP contribution in [0.15, 0.2) is 48.5 Å². The molecule has 0 atom stereocenters. The number of carbonyl (C=O) groups is 2. The monoisotopic (exact) mass is 349 g/mol. The van der Waals surface area contributed by atoms with Crippen LogP contribution in [0.3, 0.4) is 0 Å². The number of para-hydroxylation sites is 1. The molecule has 0 spiro atoms. The Hall–Kier alpha value is -3.55. The summed E-state index contributed by atoms with van der Waals surface area (Å²) in [5.41, 5.74) is 2.88. The van der Waals surface area contributed by atoms with Crippen molar-refractivity contribution in [2.75, 3.05) is 5.32 Å². The van der Waals surface area contributed by atoms with Crippen molar-refractivity contribution in [2.45, 2.75) is 19.4 Å². The lowest BCUT2D eigenvalue weighted by atomic mass is 10.0. The number of aromatic nitrogens is 4. The maximum atomic E-state index is 12.4. The van der Waals surface area contributed by atoms with Gasteiger partial charge in [0, 0.05) is 12.1 Å². The molecule has 0 radical (unpaired) electrons. The fourth-order valence-electron chi connectivity index (χ4n) is 2.79. The van der Waals surface area contributed by atoms with Crippen LogP contribution in [0.2, 0.25) is 0 Å². The van der Waals surface area contributed by atoms with Crippen LogP contribution < -0.4 is 5.32 Å². The molecule has 8 nitrogen and oxygen atoms in total. The van der Waals surface area contributed by atoms with Gasteiger partial charge in [0.15, 0.2) is 12.4 Å². The minimum Gasteiger partial charge on any atom is -0.454 e. The third-order valence-corrected chi connectivity index (χ3v) is 4.10. The Morgan fingerprint density at radius 3 is 2.85 bits per heavy atom. The fraction of sp³-hybridized carbons (Fsp3) is 0.167. The maximum Gasteiger partial charge on any atom is 0.338 e. The molecule has 3 aromatic rings. The molecular formula is C18H15N5O3. The lowest BCUT2D eigenvalue weighted by Crippen LogP contribution is -2.19. The average Bonchev–Trinajstić information content (AvgIpc) is 3.15. The van der Waals surface area contributed by atoms with Crippen LogP contribution in [-0.4, -0.2) is 32.1 Å². The predicted octanol–water partition coefficient (Wildman–Crippen LogP) is 1.90. The lowest BCUT2D eigenvalue weighted by molar-refractivity contribution is -0.116. The Balaban J connectivity index is 1.47. The molecule has 1 aliphatic rings. The Bertz CT molecular complexity index is 968. The summed E-state index contributed by atoms with van der Waals surface area (Å²) in [5.74, 6) is -0.0531. The molecule has 8 heteroatoms. The number of amides is 1. The van der Waals surface area contributed by atoms with Crippen LogP contribution in [0.1, 0.15) is 28.2 Å². The van der Waals surface area contributed by atoms with Gasteiger partial charge in [-0.3, -0.25) is 4.79 Å². The van der Waals surface area contributed by atoms with Gasteiger partial charge in [0.1, 0.15) is 0 Å².